The fourth-order valence-corrected chi connectivity index (χ4v) is 2.53. The Labute approximate surface area is 108 Å². The number of nitrogens with one attached hydrogen (secondary N) is 1. The lowest BCUT2D eigenvalue weighted by Gasteiger charge is -2.34. The Morgan fingerprint density at radius 3 is 2.72 bits per heavy atom. The number of piperidine rings is 1. The van der Waals surface area contributed by atoms with Gasteiger partial charge in [0.1, 0.15) is 5.82 Å². The van der Waals surface area contributed by atoms with Crippen molar-refractivity contribution in [2.45, 2.75) is 25.5 Å². The van der Waals surface area contributed by atoms with Crippen molar-refractivity contribution in [2.24, 2.45) is 0 Å². The predicted octanol–water partition coefficient (Wildman–Crippen LogP) is 2.16. The molecule has 1 heterocycles. The second-order valence-electron chi connectivity index (χ2n) is 4.73. The molecular weight excluding hydrogens is 231 g/mol. The second-order valence-corrected chi connectivity index (χ2v) is 4.73. The first-order valence-corrected chi connectivity index (χ1v) is 6.45. The van der Waals surface area contributed by atoms with E-state index >= 15 is 0 Å². The molecule has 2 rings (SSSR count). The van der Waals surface area contributed by atoms with Crippen molar-refractivity contribution < 1.29 is 9.13 Å². The van der Waals surface area contributed by atoms with Crippen LogP contribution in [0, 0.1) is 5.82 Å². The van der Waals surface area contributed by atoms with Gasteiger partial charge < -0.3 is 15.0 Å². The van der Waals surface area contributed by atoms with E-state index in [1.165, 1.54) is 6.07 Å². The molecule has 18 heavy (non-hydrogen) atoms. The lowest BCUT2D eigenvalue weighted by atomic mass is 10.0. The van der Waals surface area contributed by atoms with E-state index in [1.807, 2.05) is 13.1 Å². The highest BCUT2D eigenvalue weighted by atomic mass is 19.1. The standard InChI is InChI=1S/C14H21FN2O/c1-16-10-11-9-12(15)3-4-14(11)17-7-5-13(18-2)6-8-17/h3-4,9,13,16H,5-8,10H2,1-2H3. The van der Waals surface area contributed by atoms with Crippen LogP contribution in [0.3, 0.4) is 0 Å². The van der Waals surface area contributed by atoms with Crippen molar-refractivity contribution in [1.29, 1.82) is 0 Å². The van der Waals surface area contributed by atoms with Crippen LogP contribution in [-0.4, -0.2) is 33.4 Å². The zero-order valence-electron chi connectivity index (χ0n) is 11.1. The molecule has 3 nitrogen and oxygen atoms in total. The van der Waals surface area contributed by atoms with Crippen LogP contribution in [-0.2, 0) is 11.3 Å². The topological polar surface area (TPSA) is 24.5 Å². The van der Waals surface area contributed by atoms with E-state index in [1.54, 1.807) is 13.2 Å². The van der Waals surface area contributed by atoms with E-state index in [0.29, 0.717) is 12.6 Å². The molecule has 0 bridgehead atoms. The summed E-state index contributed by atoms with van der Waals surface area (Å²) in [5, 5.41) is 3.09. The van der Waals surface area contributed by atoms with Crippen molar-refractivity contribution in [3.63, 3.8) is 0 Å². The Hall–Kier alpha value is -1.13. The largest absolute Gasteiger partial charge is 0.381 e. The maximum atomic E-state index is 13.3. The molecule has 1 aliphatic rings. The van der Waals surface area contributed by atoms with Gasteiger partial charge in [-0.05, 0) is 43.7 Å². The molecule has 1 fully saturated rings. The minimum atomic E-state index is -0.171. The number of halogens is 1. The third-order valence-electron chi connectivity index (χ3n) is 3.52. The van der Waals surface area contributed by atoms with E-state index in [9.17, 15) is 4.39 Å². The zero-order valence-corrected chi connectivity index (χ0v) is 11.1. The van der Waals surface area contributed by atoms with Crippen molar-refractivity contribution >= 4 is 5.69 Å². The smallest absolute Gasteiger partial charge is 0.123 e. The number of nitrogens with zero attached hydrogens (tertiary/aromatic N) is 1. The summed E-state index contributed by atoms with van der Waals surface area (Å²) in [6.45, 7) is 2.64. The van der Waals surface area contributed by atoms with Gasteiger partial charge >= 0.3 is 0 Å². The molecule has 0 aliphatic carbocycles. The van der Waals surface area contributed by atoms with E-state index in [4.69, 9.17) is 4.74 Å². The number of ether oxygens (including phenoxy) is 1. The summed E-state index contributed by atoms with van der Waals surface area (Å²) in [5.41, 5.74) is 2.16. The van der Waals surface area contributed by atoms with Crippen molar-refractivity contribution in [3.05, 3.63) is 29.6 Å². The average Bonchev–Trinajstić information content (AvgIpc) is 2.40. The van der Waals surface area contributed by atoms with E-state index in [-0.39, 0.29) is 5.82 Å². The molecule has 4 heteroatoms. The van der Waals surface area contributed by atoms with Gasteiger partial charge in [-0.25, -0.2) is 4.39 Å². The van der Waals surface area contributed by atoms with Gasteiger partial charge in [0, 0.05) is 32.4 Å². The summed E-state index contributed by atoms with van der Waals surface area (Å²) in [4.78, 5) is 2.32. The number of rotatable bonds is 4. The number of benzene rings is 1. The molecule has 0 unspecified atom stereocenters. The molecule has 1 N–H and O–H groups in total. The van der Waals surface area contributed by atoms with Crippen LogP contribution in [0.15, 0.2) is 18.2 Å². The number of hydrogen-bond donors (Lipinski definition) is 1. The van der Waals surface area contributed by atoms with Gasteiger partial charge in [0.2, 0.25) is 0 Å². The maximum Gasteiger partial charge on any atom is 0.123 e. The second kappa shape index (κ2) is 6.16. The summed E-state index contributed by atoms with van der Waals surface area (Å²) in [7, 11) is 3.65. The zero-order chi connectivity index (χ0) is 13.0. The first-order valence-electron chi connectivity index (χ1n) is 6.45. The van der Waals surface area contributed by atoms with Gasteiger partial charge in [-0.15, -0.1) is 0 Å². The molecule has 0 amide bonds. The van der Waals surface area contributed by atoms with Crippen molar-refractivity contribution in [3.8, 4) is 0 Å². The molecule has 0 radical (unpaired) electrons. The summed E-state index contributed by atoms with van der Waals surface area (Å²) in [6, 6.07) is 5.04. The van der Waals surface area contributed by atoms with Crippen LogP contribution < -0.4 is 10.2 Å². The van der Waals surface area contributed by atoms with Crippen LogP contribution in [0.1, 0.15) is 18.4 Å². The van der Waals surface area contributed by atoms with Gasteiger partial charge in [0.15, 0.2) is 0 Å². The summed E-state index contributed by atoms with van der Waals surface area (Å²) in [5.74, 6) is -0.171. The SMILES string of the molecule is CNCc1cc(F)ccc1N1CCC(OC)CC1. The van der Waals surface area contributed by atoms with Gasteiger partial charge in [0.25, 0.3) is 0 Å². The molecule has 0 saturated carbocycles. The normalized spacial score (nSPS) is 17.2. The minimum Gasteiger partial charge on any atom is -0.381 e. The van der Waals surface area contributed by atoms with Crippen LogP contribution in [0.25, 0.3) is 0 Å². The summed E-state index contributed by atoms with van der Waals surface area (Å²) in [6.07, 6.45) is 2.44. The number of anilines is 1. The van der Waals surface area contributed by atoms with Gasteiger partial charge in [-0.2, -0.15) is 0 Å². The van der Waals surface area contributed by atoms with Crippen molar-refractivity contribution in [1.82, 2.24) is 5.32 Å². The van der Waals surface area contributed by atoms with E-state index in [0.717, 1.165) is 37.2 Å². The quantitative estimate of drug-likeness (QED) is 0.888. The Morgan fingerprint density at radius 1 is 1.39 bits per heavy atom. The molecule has 100 valence electrons. The van der Waals surface area contributed by atoms with Gasteiger partial charge in [-0.3, -0.25) is 0 Å². The minimum absolute atomic E-state index is 0.171. The molecule has 0 spiro atoms. The predicted molar refractivity (Wildman–Crippen MR) is 71.4 cm³/mol. The molecule has 0 atom stereocenters. The van der Waals surface area contributed by atoms with Crippen molar-refractivity contribution in [2.75, 3.05) is 32.1 Å². The maximum absolute atomic E-state index is 13.3. The highest BCUT2D eigenvalue weighted by Crippen LogP contribution is 2.25. The van der Waals surface area contributed by atoms with Crippen LogP contribution in [0.5, 0.6) is 0 Å². The lowest BCUT2D eigenvalue weighted by molar-refractivity contribution is 0.0819. The Balaban J connectivity index is 2.13. The molecular formula is C14H21FN2O. The molecule has 0 aromatic heterocycles. The fourth-order valence-electron chi connectivity index (χ4n) is 2.53. The molecule has 1 aliphatic heterocycles. The molecule has 1 aromatic rings. The molecule has 1 aromatic carbocycles. The first kappa shape index (κ1) is 13.3. The monoisotopic (exact) mass is 252 g/mol. The average molecular weight is 252 g/mol. The van der Waals surface area contributed by atoms with E-state index in [2.05, 4.69) is 10.2 Å². The Kier molecular flexibility index (Phi) is 4.55. The Morgan fingerprint density at radius 2 is 2.11 bits per heavy atom. The van der Waals surface area contributed by atoms with Crippen LogP contribution >= 0.6 is 0 Å². The summed E-state index contributed by atoms with van der Waals surface area (Å²) < 4.78 is 18.7. The first-order chi connectivity index (χ1) is 8.74. The number of methoxy groups -OCH3 is 1. The fraction of sp³-hybridized carbons (Fsp3) is 0.571. The highest BCUT2D eigenvalue weighted by Gasteiger charge is 2.20. The van der Waals surface area contributed by atoms with E-state index < -0.39 is 0 Å². The third kappa shape index (κ3) is 3.00. The van der Waals surface area contributed by atoms with Crippen LogP contribution in [0.4, 0.5) is 10.1 Å². The highest BCUT2D eigenvalue weighted by molar-refractivity contribution is 5.54. The van der Waals surface area contributed by atoms with Gasteiger partial charge in [-0.1, -0.05) is 0 Å². The Bertz CT molecular complexity index is 389. The lowest BCUT2D eigenvalue weighted by Crippen LogP contribution is -2.37. The third-order valence-corrected chi connectivity index (χ3v) is 3.52. The van der Waals surface area contributed by atoms with Gasteiger partial charge in [0.05, 0.1) is 6.10 Å². The summed E-state index contributed by atoms with van der Waals surface area (Å²) >= 11 is 0. The molecule has 1 saturated heterocycles. The number of hydrogen-bond acceptors (Lipinski definition) is 3. The van der Waals surface area contributed by atoms with Crippen LogP contribution in [0.2, 0.25) is 0 Å².